The summed E-state index contributed by atoms with van der Waals surface area (Å²) in [5.74, 6) is 1.18. The highest BCUT2D eigenvalue weighted by Gasteiger charge is 2.06. The maximum absolute atomic E-state index is 8.82. The Balaban J connectivity index is 2.15. The van der Waals surface area contributed by atoms with Crippen LogP contribution in [0.5, 0.6) is 11.6 Å². The van der Waals surface area contributed by atoms with Gasteiger partial charge in [-0.15, -0.1) is 0 Å². The van der Waals surface area contributed by atoms with Gasteiger partial charge in [-0.05, 0) is 40.0 Å². The Morgan fingerprint density at radius 3 is 2.67 bits per heavy atom. The number of halogens is 1. The normalized spacial score (nSPS) is 10.3. The lowest BCUT2D eigenvalue weighted by atomic mass is 10.1. The SMILES string of the molecule is Nc1ncc(Br)c(Oc2ccc(CCO)cc2)n1. The molecule has 0 aliphatic carbocycles. The molecule has 0 spiro atoms. The number of aliphatic hydroxyl groups excluding tert-OH is 1. The van der Waals surface area contributed by atoms with Gasteiger partial charge in [0.25, 0.3) is 0 Å². The van der Waals surface area contributed by atoms with Crippen LogP contribution in [0.4, 0.5) is 5.95 Å². The lowest BCUT2D eigenvalue weighted by Gasteiger charge is -2.07. The summed E-state index contributed by atoms with van der Waals surface area (Å²) in [5.41, 5.74) is 6.54. The van der Waals surface area contributed by atoms with Gasteiger partial charge < -0.3 is 15.6 Å². The van der Waals surface area contributed by atoms with E-state index in [2.05, 4.69) is 25.9 Å². The molecule has 0 atom stereocenters. The number of nitrogens with two attached hydrogens (primary N) is 1. The number of nitrogens with zero attached hydrogens (tertiary/aromatic N) is 2. The van der Waals surface area contributed by atoms with Crippen LogP contribution in [0.25, 0.3) is 0 Å². The Hall–Kier alpha value is -1.66. The monoisotopic (exact) mass is 309 g/mol. The number of rotatable bonds is 4. The average Bonchev–Trinajstić information content (AvgIpc) is 2.37. The molecule has 18 heavy (non-hydrogen) atoms. The second-order valence-electron chi connectivity index (χ2n) is 3.60. The second-order valence-corrected chi connectivity index (χ2v) is 4.46. The molecule has 0 saturated carbocycles. The molecule has 0 radical (unpaired) electrons. The van der Waals surface area contributed by atoms with Gasteiger partial charge in [0.15, 0.2) is 0 Å². The molecular weight excluding hydrogens is 298 g/mol. The van der Waals surface area contributed by atoms with Crippen molar-refractivity contribution in [3.05, 3.63) is 40.5 Å². The molecule has 5 nitrogen and oxygen atoms in total. The van der Waals surface area contributed by atoms with E-state index in [9.17, 15) is 0 Å². The largest absolute Gasteiger partial charge is 0.438 e. The maximum atomic E-state index is 8.82. The van der Waals surface area contributed by atoms with Crippen molar-refractivity contribution in [1.29, 1.82) is 0 Å². The minimum atomic E-state index is 0.133. The van der Waals surface area contributed by atoms with Crippen LogP contribution in [-0.4, -0.2) is 21.7 Å². The van der Waals surface area contributed by atoms with Gasteiger partial charge in [0.2, 0.25) is 11.8 Å². The first-order chi connectivity index (χ1) is 8.69. The minimum absolute atomic E-state index is 0.133. The molecule has 0 amide bonds. The number of anilines is 1. The van der Waals surface area contributed by atoms with E-state index < -0.39 is 0 Å². The van der Waals surface area contributed by atoms with Crippen LogP contribution in [0, 0.1) is 0 Å². The third-order valence-electron chi connectivity index (χ3n) is 2.27. The lowest BCUT2D eigenvalue weighted by Crippen LogP contribution is -1.97. The molecule has 2 rings (SSSR count). The standard InChI is InChI=1S/C12H12BrN3O2/c13-10-7-15-12(14)16-11(10)18-9-3-1-8(2-4-9)5-6-17/h1-4,7,17H,5-6H2,(H2,14,15,16). The zero-order chi connectivity index (χ0) is 13.0. The third-order valence-corrected chi connectivity index (χ3v) is 2.81. The predicted octanol–water partition coefficient (Wildman–Crippen LogP) is 2.15. The molecule has 6 heteroatoms. The van der Waals surface area contributed by atoms with Gasteiger partial charge in [0.05, 0.1) is 10.7 Å². The first kappa shape index (κ1) is 12.8. The van der Waals surface area contributed by atoms with Crippen LogP contribution in [0.1, 0.15) is 5.56 Å². The molecule has 0 unspecified atom stereocenters. The van der Waals surface area contributed by atoms with E-state index in [4.69, 9.17) is 15.6 Å². The number of benzene rings is 1. The highest BCUT2D eigenvalue weighted by Crippen LogP contribution is 2.27. The summed E-state index contributed by atoms with van der Waals surface area (Å²) in [4.78, 5) is 7.82. The molecule has 3 N–H and O–H groups in total. The van der Waals surface area contributed by atoms with Crippen LogP contribution in [-0.2, 0) is 6.42 Å². The Labute approximate surface area is 113 Å². The molecule has 1 heterocycles. The van der Waals surface area contributed by atoms with Crippen molar-refractivity contribution in [1.82, 2.24) is 9.97 Å². The quantitative estimate of drug-likeness (QED) is 0.904. The molecule has 2 aromatic rings. The predicted molar refractivity (Wildman–Crippen MR) is 71.5 cm³/mol. The van der Waals surface area contributed by atoms with E-state index >= 15 is 0 Å². The average molecular weight is 310 g/mol. The zero-order valence-corrected chi connectivity index (χ0v) is 11.1. The molecule has 0 bridgehead atoms. The molecule has 0 saturated heterocycles. The molecular formula is C12H12BrN3O2. The molecule has 1 aromatic heterocycles. The van der Waals surface area contributed by atoms with E-state index in [0.29, 0.717) is 22.5 Å². The van der Waals surface area contributed by atoms with Crippen LogP contribution in [0.2, 0.25) is 0 Å². The fourth-order valence-electron chi connectivity index (χ4n) is 1.40. The van der Waals surface area contributed by atoms with Crippen molar-refractivity contribution in [3.8, 4) is 11.6 Å². The zero-order valence-electron chi connectivity index (χ0n) is 9.51. The number of aliphatic hydroxyl groups is 1. The van der Waals surface area contributed by atoms with Crippen molar-refractivity contribution in [3.63, 3.8) is 0 Å². The van der Waals surface area contributed by atoms with Crippen LogP contribution in [0.15, 0.2) is 34.9 Å². The molecule has 0 aliphatic rings. The summed E-state index contributed by atoms with van der Waals surface area (Å²) >= 11 is 3.29. The first-order valence-corrected chi connectivity index (χ1v) is 6.14. The molecule has 94 valence electrons. The summed E-state index contributed by atoms with van der Waals surface area (Å²) in [6.07, 6.45) is 2.17. The van der Waals surface area contributed by atoms with E-state index in [1.807, 2.05) is 24.3 Å². The third kappa shape index (κ3) is 3.18. The van der Waals surface area contributed by atoms with Crippen molar-refractivity contribution < 1.29 is 9.84 Å². The second kappa shape index (κ2) is 5.79. The van der Waals surface area contributed by atoms with Gasteiger partial charge in [0, 0.05) is 6.61 Å². The summed E-state index contributed by atoms with van der Waals surface area (Å²) < 4.78 is 6.22. The van der Waals surface area contributed by atoms with E-state index in [1.165, 1.54) is 6.20 Å². The van der Waals surface area contributed by atoms with E-state index in [1.54, 1.807) is 0 Å². The summed E-state index contributed by atoms with van der Waals surface area (Å²) in [6.45, 7) is 0.133. The number of hydrogen-bond donors (Lipinski definition) is 2. The Morgan fingerprint density at radius 1 is 1.28 bits per heavy atom. The summed E-state index contributed by atoms with van der Waals surface area (Å²) in [6, 6.07) is 7.42. The fourth-order valence-corrected chi connectivity index (χ4v) is 1.67. The number of ether oxygens (including phenoxy) is 1. The van der Waals surface area contributed by atoms with Gasteiger partial charge in [0.1, 0.15) is 5.75 Å². The topological polar surface area (TPSA) is 81.3 Å². The Morgan fingerprint density at radius 2 is 2.00 bits per heavy atom. The molecule has 0 fully saturated rings. The lowest BCUT2D eigenvalue weighted by molar-refractivity contribution is 0.299. The highest BCUT2D eigenvalue weighted by molar-refractivity contribution is 9.10. The van der Waals surface area contributed by atoms with Gasteiger partial charge in [-0.2, -0.15) is 4.98 Å². The smallest absolute Gasteiger partial charge is 0.238 e. The summed E-state index contributed by atoms with van der Waals surface area (Å²) in [5, 5.41) is 8.82. The van der Waals surface area contributed by atoms with E-state index in [0.717, 1.165) is 5.56 Å². The Bertz CT molecular complexity index is 531. The summed E-state index contributed by atoms with van der Waals surface area (Å²) in [7, 11) is 0. The number of hydrogen-bond acceptors (Lipinski definition) is 5. The first-order valence-electron chi connectivity index (χ1n) is 5.34. The van der Waals surface area contributed by atoms with Crippen LogP contribution < -0.4 is 10.5 Å². The Kier molecular flexibility index (Phi) is 4.11. The van der Waals surface area contributed by atoms with Crippen molar-refractivity contribution in [2.24, 2.45) is 0 Å². The number of aromatic nitrogens is 2. The van der Waals surface area contributed by atoms with Gasteiger partial charge in [-0.25, -0.2) is 4.98 Å². The van der Waals surface area contributed by atoms with Crippen molar-refractivity contribution in [2.75, 3.05) is 12.3 Å². The van der Waals surface area contributed by atoms with Gasteiger partial charge in [-0.1, -0.05) is 12.1 Å². The van der Waals surface area contributed by atoms with E-state index in [-0.39, 0.29) is 12.6 Å². The fraction of sp³-hybridized carbons (Fsp3) is 0.167. The van der Waals surface area contributed by atoms with Gasteiger partial charge >= 0.3 is 0 Å². The molecule has 1 aromatic carbocycles. The maximum Gasteiger partial charge on any atom is 0.238 e. The number of nitrogen functional groups attached to an aromatic ring is 1. The van der Waals surface area contributed by atoms with Crippen molar-refractivity contribution in [2.45, 2.75) is 6.42 Å². The van der Waals surface area contributed by atoms with Crippen LogP contribution >= 0.6 is 15.9 Å². The minimum Gasteiger partial charge on any atom is -0.438 e. The van der Waals surface area contributed by atoms with Crippen molar-refractivity contribution >= 4 is 21.9 Å². The molecule has 0 aliphatic heterocycles. The van der Waals surface area contributed by atoms with Gasteiger partial charge in [-0.3, -0.25) is 0 Å². The van der Waals surface area contributed by atoms with Crippen LogP contribution in [0.3, 0.4) is 0 Å². The highest BCUT2D eigenvalue weighted by atomic mass is 79.9.